The van der Waals surface area contributed by atoms with Crippen molar-refractivity contribution in [3.05, 3.63) is 29.0 Å². The first-order chi connectivity index (χ1) is 13.8. The fourth-order valence-corrected chi connectivity index (χ4v) is 4.01. The topological polar surface area (TPSA) is 107 Å². The number of aliphatic carboxylic acids is 1. The number of carboxylic acids is 1. The highest BCUT2D eigenvalue weighted by Crippen LogP contribution is 2.32. The van der Waals surface area contributed by atoms with E-state index in [0.717, 1.165) is 0 Å². The number of hydrogen-bond acceptors (Lipinski definition) is 5. The van der Waals surface area contributed by atoms with Crippen molar-refractivity contribution in [1.29, 1.82) is 0 Å². The summed E-state index contributed by atoms with van der Waals surface area (Å²) in [5, 5.41) is 20.0. The number of nitrogens with two attached hydrogens (primary N) is 1. The lowest BCUT2D eigenvalue weighted by molar-refractivity contribution is -0.144. The molecule has 0 spiro atoms. The van der Waals surface area contributed by atoms with E-state index in [1.54, 1.807) is 13.8 Å². The summed E-state index contributed by atoms with van der Waals surface area (Å²) in [6.07, 6.45) is -0.961. The third kappa shape index (κ3) is 5.69. The van der Waals surface area contributed by atoms with Crippen molar-refractivity contribution in [2.45, 2.75) is 51.8 Å². The molecule has 30 heavy (non-hydrogen) atoms. The molecule has 1 aliphatic rings. The van der Waals surface area contributed by atoms with Crippen molar-refractivity contribution < 1.29 is 24.2 Å². The second kappa shape index (κ2) is 9.60. The number of aliphatic hydroxyl groups excluding tert-OH is 1. The molecule has 2 rings (SSSR count). The summed E-state index contributed by atoms with van der Waals surface area (Å²) >= 11 is 6.13. The Labute approximate surface area is 181 Å². The van der Waals surface area contributed by atoms with Crippen LogP contribution in [-0.2, 0) is 9.59 Å². The zero-order valence-corrected chi connectivity index (χ0v) is 18.6. The fourth-order valence-electron chi connectivity index (χ4n) is 3.74. The predicted molar refractivity (Wildman–Crippen MR) is 114 cm³/mol. The van der Waals surface area contributed by atoms with E-state index in [1.807, 2.05) is 18.7 Å². The van der Waals surface area contributed by atoms with Crippen LogP contribution in [0.15, 0.2) is 18.2 Å². The van der Waals surface area contributed by atoms with Gasteiger partial charge in [0.1, 0.15) is 5.82 Å². The van der Waals surface area contributed by atoms with E-state index in [4.69, 9.17) is 17.3 Å². The van der Waals surface area contributed by atoms with E-state index < -0.39 is 35.4 Å². The Morgan fingerprint density at radius 1 is 1.37 bits per heavy atom. The van der Waals surface area contributed by atoms with E-state index in [0.29, 0.717) is 12.2 Å². The maximum absolute atomic E-state index is 13.4. The molecule has 0 aromatic heterocycles. The smallest absolute Gasteiger partial charge is 0.306 e. The number of anilines is 1. The van der Waals surface area contributed by atoms with Gasteiger partial charge in [-0.1, -0.05) is 25.4 Å². The number of nitrogens with zero attached hydrogens (tertiary/aromatic N) is 2. The number of benzene rings is 1. The van der Waals surface area contributed by atoms with Gasteiger partial charge in [0.15, 0.2) is 0 Å². The molecule has 1 aliphatic heterocycles. The molecule has 4 N–H and O–H groups in total. The lowest BCUT2D eigenvalue weighted by atomic mass is 9.87. The number of rotatable bonds is 8. The average molecular weight is 444 g/mol. The number of hydrogen-bond donors (Lipinski definition) is 3. The van der Waals surface area contributed by atoms with Crippen LogP contribution in [0.3, 0.4) is 0 Å². The number of aliphatic hydroxyl groups is 1. The summed E-state index contributed by atoms with van der Waals surface area (Å²) < 4.78 is 13.4. The first kappa shape index (κ1) is 24.5. The van der Waals surface area contributed by atoms with Gasteiger partial charge in [0.25, 0.3) is 0 Å². The van der Waals surface area contributed by atoms with Gasteiger partial charge >= 0.3 is 5.97 Å². The molecule has 9 heteroatoms. The predicted octanol–water partition coefficient (Wildman–Crippen LogP) is 2.34. The Kier molecular flexibility index (Phi) is 7.85. The minimum Gasteiger partial charge on any atom is -0.481 e. The summed E-state index contributed by atoms with van der Waals surface area (Å²) in [7, 11) is 0. The highest BCUT2D eigenvalue weighted by atomic mass is 35.5. The third-order valence-corrected chi connectivity index (χ3v) is 6.07. The summed E-state index contributed by atoms with van der Waals surface area (Å²) in [6, 6.07) is 3.20. The molecule has 1 heterocycles. The molecule has 1 fully saturated rings. The highest BCUT2D eigenvalue weighted by Gasteiger charge is 2.40. The quantitative estimate of drug-likeness (QED) is 0.569. The largest absolute Gasteiger partial charge is 0.481 e. The Morgan fingerprint density at radius 3 is 2.53 bits per heavy atom. The van der Waals surface area contributed by atoms with Gasteiger partial charge in [-0.25, -0.2) is 4.39 Å². The molecule has 3 unspecified atom stereocenters. The normalized spacial score (nSPS) is 20.3. The van der Waals surface area contributed by atoms with E-state index in [9.17, 15) is 24.2 Å². The summed E-state index contributed by atoms with van der Waals surface area (Å²) in [4.78, 5) is 27.6. The molecule has 168 valence electrons. The van der Waals surface area contributed by atoms with Crippen molar-refractivity contribution in [3.8, 4) is 0 Å². The van der Waals surface area contributed by atoms with Crippen LogP contribution in [0.2, 0.25) is 5.02 Å². The number of carbonyl (C=O) groups is 2. The third-order valence-electron chi connectivity index (χ3n) is 5.77. The maximum Gasteiger partial charge on any atom is 0.306 e. The molecule has 0 radical (unpaired) electrons. The minimum absolute atomic E-state index is 0.0493. The Balaban J connectivity index is 2.09. The van der Waals surface area contributed by atoms with Crippen molar-refractivity contribution in [1.82, 2.24) is 4.90 Å². The van der Waals surface area contributed by atoms with Gasteiger partial charge in [-0.15, -0.1) is 0 Å². The SMILES string of the molecule is CC(C)C(CC(O)C(N)CN1CC(=O)N(c2ccc(F)cc2Cl)CC1(C)C)C(=O)O. The van der Waals surface area contributed by atoms with Crippen LogP contribution < -0.4 is 10.6 Å². The molecule has 3 atom stereocenters. The molecule has 1 saturated heterocycles. The molecular formula is C21H31ClFN3O4. The van der Waals surface area contributed by atoms with Crippen LogP contribution in [0, 0.1) is 17.7 Å². The molecule has 1 aromatic rings. The summed E-state index contributed by atoms with van der Waals surface area (Å²) in [5.74, 6) is -2.48. The lowest BCUT2D eigenvalue weighted by Crippen LogP contribution is -2.64. The molecule has 0 aliphatic carbocycles. The van der Waals surface area contributed by atoms with E-state index in [-0.39, 0.29) is 36.4 Å². The zero-order chi connectivity index (χ0) is 22.8. The van der Waals surface area contributed by atoms with Gasteiger partial charge in [-0.3, -0.25) is 14.5 Å². The Hall–Kier alpha value is -1.74. The van der Waals surface area contributed by atoms with Crippen molar-refractivity contribution in [3.63, 3.8) is 0 Å². The first-order valence-electron chi connectivity index (χ1n) is 10.0. The van der Waals surface area contributed by atoms with Crippen LogP contribution in [0.25, 0.3) is 0 Å². The molecule has 0 saturated carbocycles. The van der Waals surface area contributed by atoms with Gasteiger partial charge < -0.3 is 20.8 Å². The second-order valence-electron chi connectivity index (χ2n) is 8.92. The van der Waals surface area contributed by atoms with Crippen molar-refractivity contribution in [2.75, 3.05) is 24.5 Å². The van der Waals surface area contributed by atoms with Crippen LogP contribution in [-0.4, -0.2) is 64.3 Å². The Bertz CT molecular complexity index is 790. The molecule has 7 nitrogen and oxygen atoms in total. The van der Waals surface area contributed by atoms with Gasteiger partial charge in [0, 0.05) is 24.7 Å². The monoisotopic (exact) mass is 443 g/mol. The number of halogens is 2. The first-order valence-corrected chi connectivity index (χ1v) is 10.4. The fraction of sp³-hybridized carbons (Fsp3) is 0.619. The van der Waals surface area contributed by atoms with Crippen LogP contribution in [0.1, 0.15) is 34.1 Å². The molecule has 1 aromatic carbocycles. The number of amides is 1. The summed E-state index contributed by atoms with van der Waals surface area (Å²) in [5.41, 5.74) is 6.13. The highest BCUT2D eigenvalue weighted by molar-refractivity contribution is 6.33. The van der Waals surface area contributed by atoms with Gasteiger partial charge in [0.05, 0.1) is 29.3 Å². The number of carbonyl (C=O) groups excluding carboxylic acids is 1. The van der Waals surface area contributed by atoms with Crippen LogP contribution in [0.4, 0.5) is 10.1 Å². The van der Waals surface area contributed by atoms with E-state index in [2.05, 4.69) is 0 Å². The van der Waals surface area contributed by atoms with E-state index in [1.165, 1.54) is 23.1 Å². The van der Waals surface area contributed by atoms with E-state index >= 15 is 0 Å². The average Bonchev–Trinajstić information content (AvgIpc) is 2.62. The zero-order valence-electron chi connectivity index (χ0n) is 17.8. The number of carboxylic acid groups (broad SMARTS) is 1. The van der Waals surface area contributed by atoms with Gasteiger partial charge in [-0.2, -0.15) is 0 Å². The Morgan fingerprint density at radius 2 is 2.00 bits per heavy atom. The van der Waals surface area contributed by atoms with Crippen LogP contribution in [0.5, 0.6) is 0 Å². The molecule has 1 amide bonds. The second-order valence-corrected chi connectivity index (χ2v) is 9.33. The van der Waals surface area contributed by atoms with Crippen molar-refractivity contribution >= 4 is 29.2 Å². The van der Waals surface area contributed by atoms with Crippen LogP contribution >= 0.6 is 11.6 Å². The lowest BCUT2D eigenvalue weighted by Gasteiger charge is -2.47. The molecule has 0 bridgehead atoms. The van der Waals surface area contributed by atoms with Gasteiger partial charge in [0.2, 0.25) is 5.91 Å². The standard InChI is InChI=1S/C21H31ClFN3O4/c1-12(2)14(20(29)30)8-18(27)16(24)9-25-10-19(28)26(11-21(25,3)4)17-6-5-13(23)7-15(17)22/h5-7,12,14,16,18,27H,8-11,24H2,1-4H3,(H,29,30). The minimum atomic E-state index is -1.01. The van der Waals surface area contributed by atoms with Gasteiger partial charge in [-0.05, 0) is 44.4 Å². The maximum atomic E-state index is 13.4. The molecular weight excluding hydrogens is 413 g/mol. The summed E-state index contributed by atoms with van der Waals surface area (Å²) in [6.45, 7) is 8.05. The number of piperazine rings is 1. The van der Waals surface area contributed by atoms with Crippen molar-refractivity contribution in [2.24, 2.45) is 17.6 Å².